The molecule has 0 radical (unpaired) electrons. The van der Waals surface area contributed by atoms with E-state index in [2.05, 4.69) is 65.9 Å². The number of amides is 1. The Hall–Kier alpha value is -2.91. The SMILES string of the molecule is CC.CC1c2ccccc2CCN1CC(=O)N1CC(C)N(c2ccc(C#N)cn2)[C@@H](C)C1. The maximum atomic E-state index is 13.2. The predicted molar refractivity (Wildman–Crippen MR) is 128 cm³/mol. The summed E-state index contributed by atoms with van der Waals surface area (Å²) in [4.78, 5) is 24.2. The van der Waals surface area contributed by atoms with Crippen molar-refractivity contribution < 1.29 is 4.79 Å². The number of benzene rings is 1. The lowest BCUT2D eigenvalue weighted by molar-refractivity contribution is -0.134. The Bertz CT molecular complexity index is 939. The molecule has 2 aromatic rings. The fourth-order valence-electron chi connectivity index (χ4n) is 4.90. The molecule has 0 saturated carbocycles. The highest BCUT2D eigenvalue weighted by atomic mass is 16.2. The van der Waals surface area contributed by atoms with Gasteiger partial charge in [0.1, 0.15) is 11.9 Å². The zero-order valence-corrected chi connectivity index (χ0v) is 20.0. The summed E-state index contributed by atoms with van der Waals surface area (Å²) in [6, 6.07) is 15.0. The number of nitriles is 1. The Morgan fingerprint density at radius 1 is 1.09 bits per heavy atom. The molecule has 2 aliphatic heterocycles. The third-order valence-corrected chi connectivity index (χ3v) is 6.47. The number of fused-ring (bicyclic) bond motifs is 1. The molecule has 170 valence electrons. The van der Waals surface area contributed by atoms with E-state index in [4.69, 9.17) is 5.26 Å². The van der Waals surface area contributed by atoms with Crippen molar-refractivity contribution in [3.8, 4) is 6.07 Å². The lowest BCUT2D eigenvalue weighted by atomic mass is 9.93. The first-order valence-corrected chi connectivity index (χ1v) is 11.7. The number of anilines is 1. The number of pyridine rings is 1. The second-order valence-electron chi connectivity index (χ2n) is 8.52. The molecule has 0 spiro atoms. The first-order valence-electron chi connectivity index (χ1n) is 11.7. The summed E-state index contributed by atoms with van der Waals surface area (Å²) in [7, 11) is 0. The van der Waals surface area contributed by atoms with Crippen molar-refractivity contribution >= 4 is 11.7 Å². The van der Waals surface area contributed by atoms with Crippen molar-refractivity contribution in [1.29, 1.82) is 5.26 Å². The van der Waals surface area contributed by atoms with E-state index in [1.54, 1.807) is 12.3 Å². The number of rotatable bonds is 3. The quantitative estimate of drug-likeness (QED) is 0.731. The Kier molecular flexibility index (Phi) is 7.87. The number of carbonyl (C=O) groups is 1. The summed E-state index contributed by atoms with van der Waals surface area (Å²) in [5, 5.41) is 8.99. The van der Waals surface area contributed by atoms with E-state index < -0.39 is 0 Å². The third-order valence-electron chi connectivity index (χ3n) is 6.47. The number of hydrogen-bond donors (Lipinski definition) is 0. The molecule has 2 unspecified atom stereocenters. The molecule has 3 heterocycles. The van der Waals surface area contributed by atoms with Crippen LogP contribution in [0.4, 0.5) is 5.82 Å². The topological polar surface area (TPSA) is 63.5 Å². The van der Waals surface area contributed by atoms with E-state index in [-0.39, 0.29) is 24.0 Å². The standard InChI is InChI=1S/C24H29N5O.C2H6/c1-17-14-28(15-18(2)29(17)23-9-8-20(12-25)13-26-23)24(30)16-27-11-10-21-6-4-5-7-22(21)19(27)3;1-2/h4-9,13,17-19H,10-11,14-16H2,1-3H3;1-2H3/t17-,18?,19?;/m0./s1. The molecule has 0 bridgehead atoms. The van der Waals surface area contributed by atoms with Crippen molar-refractivity contribution in [1.82, 2.24) is 14.8 Å². The molecule has 0 aliphatic carbocycles. The smallest absolute Gasteiger partial charge is 0.236 e. The molecule has 2 aliphatic rings. The Balaban J connectivity index is 0.00000141. The molecule has 3 atom stereocenters. The molecule has 1 aromatic heterocycles. The zero-order chi connectivity index (χ0) is 23.3. The lowest BCUT2D eigenvalue weighted by Crippen LogP contribution is -2.59. The second-order valence-corrected chi connectivity index (χ2v) is 8.52. The normalized spacial score (nSPS) is 22.9. The van der Waals surface area contributed by atoms with Gasteiger partial charge in [-0.25, -0.2) is 4.98 Å². The van der Waals surface area contributed by atoms with Gasteiger partial charge in [0.05, 0.1) is 12.1 Å². The summed E-state index contributed by atoms with van der Waals surface area (Å²) >= 11 is 0. The highest BCUT2D eigenvalue weighted by Crippen LogP contribution is 2.29. The van der Waals surface area contributed by atoms with Gasteiger partial charge >= 0.3 is 0 Å². The highest BCUT2D eigenvalue weighted by Gasteiger charge is 2.34. The van der Waals surface area contributed by atoms with Crippen molar-refractivity contribution in [3.63, 3.8) is 0 Å². The van der Waals surface area contributed by atoms with E-state index in [1.165, 1.54) is 11.1 Å². The highest BCUT2D eigenvalue weighted by molar-refractivity contribution is 5.79. The molecule has 0 N–H and O–H groups in total. The van der Waals surface area contributed by atoms with Crippen LogP contribution in [-0.2, 0) is 11.2 Å². The second kappa shape index (κ2) is 10.6. The van der Waals surface area contributed by atoms with Gasteiger partial charge in [0.2, 0.25) is 5.91 Å². The molecule has 1 aromatic carbocycles. The summed E-state index contributed by atoms with van der Waals surface area (Å²) < 4.78 is 0. The van der Waals surface area contributed by atoms with E-state index in [1.807, 2.05) is 24.8 Å². The fraction of sp³-hybridized carbons (Fsp3) is 0.500. The number of hydrogen-bond acceptors (Lipinski definition) is 5. The van der Waals surface area contributed by atoms with Crippen LogP contribution in [0.5, 0.6) is 0 Å². The minimum atomic E-state index is 0.164. The summed E-state index contributed by atoms with van der Waals surface area (Å²) in [5.74, 6) is 1.06. The van der Waals surface area contributed by atoms with Crippen molar-refractivity contribution in [2.24, 2.45) is 0 Å². The number of aromatic nitrogens is 1. The predicted octanol–water partition coefficient (Wildman–Crippen LogP) is 4.02. The molecule has 4 rings (SSSR count). The molecule has 1 amide bonds. The van der Waals surface area contributed by atoms with Crippen LogP contribution in [0, 0.1) is 11.3 Å². The number of piperazine rings is 1. The van der Waals surface area contributed by atoms with Crippen LogP contribution in [-0.4, -0.2) is 59.0 Å². The van der Waals surface area contributed by atoms with Crippen LogP contribution in [0.2, 0.25) is 0 Å². The van der Waals surface area contributed by atoms with Gasteiger partial charge in [-0.1, -0.05) is 38.1 Å². The van der Waals surface area contributed by atoms with Crippen molar-refractivity contribution in [2.75, 3.05) is 31.1 Å². The van der Waals surface area contributed by atoms with Crippen LogP contribution in [0.25, 0.3) is 0 Å². The largest absolute Gasteiger partial charge is 0.348 e. The van der Waals surface area contributed by atoms with Crippen molar-refractivity contribution in [3.05, 3.63) is 59.3 Å². The summed E-state index contributed by atoms with van der Waals surface area (Å²) in [6.45, 7) is 13.2. The van der Waals surface area contributed by atoms with Gasteiger partial charge in [-0.15, -0.1) is 0 Å². The lowest BCUT2D eigenvalue weighted by Gasteiger charge is -2.46. The molecule has 1 saturated heterocycles. The zero-order valence-electron chi connectivity index (χ0n) is 20.0. The minimum Gasteiger partial charge on any atom is -0.348 e. The molecule has 1 fully saturated rings. The van der Waals surface area contributed by atoms with Gasteiger partial charge in [-0.3, -0.25) is 9.69 Å². The summed E-state index contributed by atoms with van der Waals surface area (Å²) in [5.41, 5.74) is 3.31. The van der Waals surface area contributed by atoms with Crippen LogP contribution in [0.3, 0.4) is 0 Å². The Morgan fingerprint density at radius 2 is 1.78 bits per heavy atom. The first-order chi connectivity index (χ1) is 15.5. The number of nitrogens with zero attached hydrogens (tertiary/aromatic N) is 5. The molecule has 6 nitrogen and oxygen atoms in total. The average molecular weight is 434 g/mol. The fourth-order valence-corrected chi connectivity index (χ4v) is 4.90. The monoisotopic (exact) mass is 433 g/mol. The van der Waals surface area contributed by atoms with E-state index >= 15 is 0 Å². The average Bonchev–Trinajstić information content (AvgIpc) is 2.82. The van der Waals surface area contributed by atoms with Gasteiger partial charge in [0, 0.05) is 44.0 Å². The van der Waals surface area contributed by atoms with E-state index in [9.17, 15) is 4.79 Å². The maximum absolute atomic E-state index is 13.2. The van der Waals surface area contributed by atoms with E-state index in [0.29, 0.717) is 25.2 Å². The minimum absolute atomic E-state index is 0.164. The van der Waals surface area contributed by atoms with E-state index in [0.717, 1.165) is 18.8 Å². The van der Waals surface area contributed by atoms with Crippen LogP contribution in [0.15, 0.2) is 42.6 Å². The van der Waals surface area contributed by atoms with Gasteiger partial charge in [-0.2, -0.15) is 5.26 Å². The van der Waals surface area contributed by atoms with Crippen molar-refractivity contribution in [2.45, 2.75) is 59.2 Å². The maximum Gasteiger partial charge on any atom is 0.236 e. The Labute approximate surface area is 192 Å². The molecule has 32 heavy (non-hydrogen) atoms. The number of carbonyl (C=O) groups excluding carboxylic acids is 1. The van der Waals surface area contributed by atoms with Gasteiger partial charge in [0.15, 0.2) is 0 Å². The molecular formula is C26H35N5O. The van der Waals surface area contributed by atoms with Crippen LogP contribution >= 0.6 is 0 Å². The molecule has 6 heteroatoms. The van der Waals surface area contributed by atoms with Gasteiger partial charge in [-0.05, 0) is 50.5 Å². The van der Waals surface area contributed by atoms with Crippen LogP contribution in [0.1, 0.15) is 57.4 Å². The Morgan fingerprint density at radius 3 is 2.41 bits per heavy atom. The van der Waals surface area contributed by atoms with Gasteiger partial charge < -0.3 is 9.80 Å². The third kappa shape index (κ3) is 4.94. The molecular weight excluding hydrogens is 398 g/mol. The summed E-state index contributed by atoms with van der Waals surface area (Å²) in [6.07, 6.45) is 2.61. The first kappa shape index (κ1) is 23.7. The van der Waals surface area contributed by atoms with Gasteiger partial charge in [0.25, 0.3) is 0 Å². The van der Waals surface area contributed by atoms with Crippen LogP contribution < -0.4 is 4.90 Å².